The highest BCUT2D eigenvalue weighted by Crippen LogP contribution is 2.28. The van der Waals surface area contributed by atoms with Gasteiger partial charge in [-0.3, -0.25) is 14.9 Å². The van der Waals surface area contributed by atoms with Gasteiger partial charge in [0.2, 0.25) is 0 Å². The van der Waals surface area contributed by atoms with Crippen molar-refractivity contribution in [3.63, 3.8) is 0 Å². The van der Waals surface area contributed by atoms with Crippen molar-refractivity contribution < 1.29 is 14.3 Å². The molecule has 0 aliphatic heterocycles. The summed E-state index contributed by atoms with van der Waals surface area (Å²) in [5.41, 5.74) is 1.79. The minimum Gasteiger partial charge on any atom is -0.484 e. The lowest BCUT2D eigenvalue weighted by atomic mass is 10.1. The summed E-state index contributed by atoms with van der Waals surface area (Å²) < 4.78 is 5.48. The van der Waals surface area contributed by atoms with E-state index in [4.69, 9.17) is 4.74 Å². The molecule has 1 aliphatic rings. The number of rotatable bonds is 6. The summed E-state index contributed by atoms with van der Waals surface area (Å²) in [6.45, 7) is 1.75. The molecule has 0 fully saturated rings. The molecule has 2 aromatic rings. The molecule has 3 rings (SSSR count). The number of carbonyl (C=O) groups excluding carboxylic acids is 2. The molecule has 6 heteroatoms. The van der Waals surface area contributed by atoms with Crippen molar-refractivity contribution in [3.8, 4) is 5.75 Å². The van der Waals surface area contributed by atoms with Crippen LogP contribution < -0.4 is 10.1 Å². The summed E-state index contributed by atoms with van der Waals surface area (Å²) >= 11 is 1.57. The van der Waals surface area contributed by atoms with Gasteiger partial charge in [0.15, 0.2) is 17.5 Å². The molecule has 25 heavy (non-hydrogen) atoms. The van der Waals surface area contributed by atoms with E-state index in [0.29, 0.717) is 22.9 Å². The lowest BCUT2D eigenvalue weighted by Gasteiger charge is -2.06. The van der Waals surface area contributed by atoms with E-state index in [1.165, 1.54) is 24.1 Å². The summed E-state index contributed by atoms with van der Waals surface area (Å²) in [5.74, 6) is 0.433. The number of carbonyl (C=O) groups is 2. The number of thiazole rings is 1. The zero-order valence-electron chi connectivity index (χ0n) is 14.3. The highest BCUT2D eigenvalue weighted by Gasteiger charge is 2.15. The Morgan fingerprint density at radius 3 is 2.68 bits per heavy atom. The highest BCUT2D eigenvalue weighted by molar-refractivity contribution is 7.15. The average molecular weight is 358 g/mol. The molecule has 0 saturated carbocycles. The number of Topliss-reactive ketones (excluding diaryl/α,β-unsaturated/α-hetero) is 1. The Morgan fingerprint density at radius 1 is 1.16 bits per heavy atom. The Labute approximate surface area is 151 Å². The summed E-state index contributed by atoms with van der Waals surface area (Å²) in [6, 6.07) is 6.86. The van der Waals surface area contributed by atoms with Gasteiger partial charge in [-0.1, -0.05) is 13.3 Å². The molecule has 5 nitrogen and oxygen atoms in total. The third kappa shape index (κ3) is 4.66. The second-order valence-corrected chi connectivity index (χ2v) is 7.17. The summed E-state index contributed by atoms with van der Waals surface area (Å²) in [5, 5.41) is 3.47. The highest BCUT2D eigenvalue weighted by atomic mass is 32.1. The Hall–Kier alpha value is -2.21. The predicted octanol–water partition coefficient (Wildman–Crippen LogP) is 4.02. The Kier molecular flexibility index (Phi) is 5.81. The number of ether oxygens (including phenoxy) is 1. The van der Waals surface area contributed by atoms with Gasteiger partial charge in [-0.05, 0) is 49.9 Å². The Morgan fingerprint density at radius 2 is 1.92 bits per heavy atom. The molecule has 1 heterocycles. The molecule has 0 spiro atoms. The van der Waals surface area contributed by atoms with E-state index >= 15 is 0 Å². The summed E-state index contributed by atoms with van der Waals surface area (Å²) in [6.07, 6.45) is 6.15. The van der Waals surface area contributed by atoms with E-state index in [0.717, 1.165) is 18.5 Å². The topological polar surface area (TPSA) is 68.3 Å². The second-order valence-electron chi connectivity index (χ2n) is 6.09. The fraction of sp³-hybridized carbons (Fsp3) is 0.421. The molecule has 1 aliphatic carbocycles. The number of fused-ring (bicyclic) bond motifs is 1. The van der Waals surface area contributed by atoms with Crippen molar-refractivity contribution in [2.45, 2.75) is 45.4 Å². The van der Waals surface area contributed by atoms with Gasteiger partial charge in [0.25, 0.3) is 5.91 Å². The van der Waals surface area contributed by atoms with Crippen molar-refractivity contribution in [2.75, 3.05) is 11.9 Å². The number of amides is 1. The van der Waals surface area contributed by atoms with E-state index < -0.39 is 0 Å². The Bertz CT molecular complexity index is 729. The molecule has 0 bridgehead atoms. The number of benzene rings is 1. The third-order valence-electron chi connectivity index (χ3n) is 4.21. The van der Waals surface area contributed by atoms with Crippen molar-refractivity contribution in [2.24, 2.45) is 0 Å². The maximum atomic E-state index is 12.1. The number of nitrogens with one attached hydrogen (secondary N) is 1. The largest absolute Gasteiger partial charge is 0.484 e. The minimum atomic E-state index is -0.224. The number of aryl methyl sites for hydroxylation is 2. The van der Waals surface area contributed by atoms with Gasteiger partial charge in [0, 0.05) is 16.9 Å². The van der Waals surface area contributed by atoms with Crippen molar-refractivity contribution in [1.82, 2.24) is 4.98 Å². The van der Waals surface area contributed by atoms with Crippen LogP contribution in [0.2, 0.25) is 0 Å². The average Bonchev–Trinajstić information content (AvgIpc) is 2.87. The van der Waals surface area contributed by atoms with Crippen LogP contribution in [0.4, 0.5) is 5.13 Å². The van der Waals surface area contributed by atoms with Crippen LogP contribution in [0.15, 0.2) is 24.3 Å². The van der Waals surface area contributed by atoms with Crippen LogP contribution in [-0.4, -0.2) is 23.3 Å². The van der Waals surface area contributed by atoms with E-state index in [1.54, 1.807) is 35.6 Å². The lowest BCUT2D eigenvalue weighted by molar-refractivity contribution is -0.118. The van der Waals surface area contributed by atoms with Crippen LogP contribution in [-0.2, 0) is 17.6 Å². The van der Waals surface area contributed by atoms with E-state index in [1.807, 2.05) is 6.92 Å². The molecule has 1 amide bonds. The first kappa shape index (κ1) is 17.6. The number of hydrogen-bond acceptors (Lipinski definition) is 5. The fourth-order valence-corrected chi connectivity index (χ4v) is 3.89. The van der Waals surface area contributed by atoms with Gasteiger partial charge in [0.1, 0.15) is 5.75 Å². The summed E-state index contributed by atoms with van der Waals surface area (Å²) in [7, 11) is 0. The van der Waals surface area contributed by atoms with Gasteiger partial charge in [-0.25, -0.2) is 4.98 Å². The monoisotopic (exact) mass is 358 g/mol. The zero-order chi connectivity index (χ0) is 17.6. The van der Waals surface area contributed by atoms with Crippen LogP contribution in [0.25, 0.3) is 0 Å². The standard InChI is InChI=1S/C19H22N2O3S/c1-2-16(22)13-8-10-14(11-9-13)24-12-18(23)21-19-20-15-6-4-3-5-7-17(15)25-19/h8-11H,2-7,12H2,1H3,(H,20,21,23). The van der Waals surface area contributed by atoms with Crippen LogP contribution in [0.3, 0.4) is 0 Å². The molecule has 0 atom stereocenters. The van der Waals surface area contributed by atoms with Crippen LogP contribution >= 0.6 is 11.3 Å². The number of ketones is 1. The smallest absolute Gasteiger partial charge is 0.264 e. The first-order valence-corrected chi connectivity index (χ1v) is 9.52. The molecule has 0 saturated heterocycles. The van der Waals surface area contributed by atoms with Crippen molar-refractivity contribution >= 4 is 28.2 Å². The normalized spacial score (nSPS) is 13.6. The van der Waals surface area contributed by atoms with Crippen molar-refractivity contribution in [1.29, 1.82) is 0 Å². The molecule has 1 N–H and O–H groups in total. The van der Waals surface area contributed by atoms with E-state index in [9.17, 15) is 9.59 Å². The van der Waals surface area contributed by atoms with Crippen LogP contribution in [0, 0.1) is 0 Å². The number of aromatic nitrogens is 1. The number of hydrogen-bond donors (Lipinski definition) is 1. The molecule has 1 aromatic heterocycles. The molecule has 0 unspecified atom stereocenters. The van der Waals surface area contributed by atoms with E-state index in [-0.39, 0.29) is 18.3 Å². The molecular weight excluding hydrogens is 336 g/mol. The van der Waals surface area contributed by atoms with E-state index in [2.05, 4.69) is 10.3 Å². The minimum absolute atomic E-state index is 0.0781. The first-order chi connectivity index (χ1) is 12.2. The van der Waals surface area contributed by atoms with Gasteiger partial charge in [-0.2, -0.15) is 0 Å². The molecular formula is C19H22N2O3S. The quantitative estimate of drug-likeness (QED) is 0.625. The molecule has 1 aromatic carbocycles. The molecule has 132 valence electrons. The maximum absolute atomic E-state index is 12.1. The van der Waals surface area contributed by atoms with Gasteiger partial charge < -0.3 is 4.74 Å². The first-order valence-electron chi connectivity index (χ1n) is 8.70. The molecule has 0 radical (unpaired) electrons. The van der Waals surface area contributed by atoms with Crippen LogP contribution in [0.5, 0.6) is 5.75 Å². The third-order valence-corrected chi connectivity index (χ3v) is 5.28. The van der Waals surface area contributed by atoms with Gasteiger partial charge >= 0.3 is 0 Å². The fourth-order valence-electron chi connectivity index (χ4n) is 2.83. The van der Waals surface area contributed by atoms with Gasteiger partial charge in [-0.15, -0.1) is 11.3 Å². The second kappa shape index (κ2) is 8.25. The summed E-state index contributed by atoms with van der Waals surface area (Å²) in [4.78, 5) is 29.5. The Balaban J connectivity index is 1.52. The van der Waals surface area contributed by atoms with Gasteiger partial charge in [0.05, 0.1) is 5.69 Å². The maximum Gasteiger partial charge on any atom is 0.264 e. The van der Waals surface area contributed by atoms with Crippen LogP contribution in [0.1, 0.15) is 53.5 Å². The number of anilines is 1. The predicted molar refractivity (Wildman–Crippen MR) is 98.6 cm³/mol. The zero-order valence-corrected chi connectivity index (χ0v) is 15.2. The van der Waals surface area contributed by atoms with Crippen molar-refractivity contribution in [3.05, 3.63) is 40.4 Å². The number of nitrogens with zero attached hydrogens (tertiary/aromatic N) is 1. The SMILES string of the molecule is CCC(=O)c1ccc(OCC(=O)Nc2nc3c(s2)CCCCC3)cc1. The lowest BCUT2D eigenvalue weighted by Crippen LogP contribution is -2.20.